The zero-order chi connectivity index (χ0) is 19.5. The van der Waals surface area contributed by atoms with Gasteiger partial charge in [0.1, 0.15) is 0 Å². The van der Waals surface area contributed by atoms with E-state index in [1.54, 1.807) is 0 Å². The van der Waals surface area contributed by atoms with Crippen LogP contribution >= 0.6 is 44.1 Å². The minimum atomic E-state index is 0.603. The number of benzene rings is 3. The van der Waals surface area contributed by atoms with Crippen LogP contribution in [0.15, 0.2) is 81.7 Å². The van der Waals surface area contributed by atoms with Gasteiger partial charge in [0, 0.05) is 20.3 Å². The summed E-state index contributed by atoms with van der Waals surface area (Å²) in [4.78, 5) is 0. The molecule has 0 spiro atoms. The van der Waals surface area contributed by atoms with Gasteiger partial charge in [-0.15, -0.1) is 0 Å². The Morgan fingerprint density at radius 3 is 1.43 bits per heavy atom. The quantitative estimate of drug-likeness (QED) is 0.275. The van der Waals surface area contributed by atoms with Gasteiger partial charge in [0.15, 0.2) is 4.77 Å². The van der Waals surface area contributed by atoms with Crippen molar-refractivity contribution >= 4 is 66.5 Å². The highest BCUT2D eigenvalue weighted by atomic mass is 79.9. The Morgan fingerprint density at radius 1 is 0.643 bits per heavy atom. The van der Waals surface area contributed by atoms with Gasteiger partial charge in [-0.05, 0) is 72.9 Å². The first-order valence-corrected chi connectivity index (χ1v) is 10.8. The lowest BCUT2D eigenvalue weighted by Gasteiger charge is -2.10. The van der Waals surface area contributed by atoms with Crippen molar-refractivity contribution in [2.24, 2.45) is 0 Å². The molecule has 0 unspecified atom stereocenters. The van der Waals surface area contributed by atoms with Crippen LogP contribution < -0.4 is 10.6 Å². The van der Waals surface area contributed by atoms with Gasteiger partial charge in [0.2, 0.25) is 0 Å². The number of halogens is 2. The molecular formula is C21H18Br2N4S. The number of fused-ring (bicyclic) bond motifs is 1. The van der Waals surface area contributed by atoms with E-state index in [2.05, 4.69) is 63.8 Å². The van der Waals surface area contributed by atoms with E-state index in [0.29, 0.717) is 13.3 Å². The van der Waals surface area contributed by atoms with Crippen LogP contribution in [0.25, 0.3) is 11.0 Å². The van der Waals surface area contributed by atoms with Crippen LogP contribution in [0.2, 0.25) is 0 Å². The van der Waals surface area contributed by atoms with Crippen molar-refractivity contribution in [1.82, 2.24) is 9.13 Å². The second-order valence-electron chi connectivity index (χ2n) is 6.31. The molecule has 0 bridgehead atoms. The minimum Gasteiger partial charge on any atom is -0.367 e. The van der Waals surface area contributed by atoms with Crippen LogP contribution in [0, 0.1) is 4.77 Å². The van der Waals surface area contributed by atoms with Gasteiger partial charge in [-0.1, -0.05) is 44.0 Å². The highest BCUT2D eigenvalue weighted by Crippen LogP contribution is 2.20. The molecule has 0 radical (unpaired) electrons. The molecule has 0 atom stereocenters. The second kappa shape index (κ2) is 8.51. The van der Waals surface area contributed by atoms with Crippen molar-refractivity contribution in [3.8, 4) is 0 Å². The summed E-state index contributed by atoms with van der Waals surface area (Å²) in [6.45, 7) is 1.21. The Bertz CT molecular complexity index is 1060. The Kier molecular flexibility index (Phi) is 5.85. The Morgan fingerprint density at radius 2 is 1.04 bits per heavy atom. The zero-order valence-corrected chi connectivity index (χ0v) is 18.9. The van der Waals surface area contributed by atoms with Crippen LogP contribution in [0.1, 0.15) is 0 Å². The van der Waals surface area contributed by atoms with Gasteiger partial charge in [-0.25, -0.2) is 0 Å². The maximum Gasteiger partial charge on any atom is 0.183 e. The lowest BCUT2D eigenvalue weighted by molar-refractivity contribution is 0.710. The smallest absolute Gasteiger partial charge is 0.183 e. The molecule has 3 aromatic carbocycles. The number of nitrogens with zero attached hydrogens (tertiary/aromatic N) is 2. The van der Waals surface area contributed by atoms with Crippen LogP contribution in [0.3, 0.4) is 0 Å². The highest BCUT2D eigenvalue weighted by Gasteiger charge is 2.10. The molecule has 0 amide bonds. The lowest BCUT2D eigenvalue weighted by atomic mass is 10.3. The van der Waals surface area contributed by atoms with Crippen LogP contribution in [-0.4, -0.2) is 9.13 Å². The molecule has 1 heterocycles. The first kappa shape index (κ1) is 19.2. The fourth-order valence-electron chi connectivity index (χ4n) is 3.05. The molecule has 0 fully saturated rings. The summed E-state index contributed by atoms with van der Waals surface area (Å²) < 4.78 is 7.14. The van der Waals surface area contributed by atoms with Gasteiger partial charge in [-0.2, -0.15) is 0 Å². The number of para-hydroxylation sites is 2. The van der Waals surface area contributed by atoms with E-state index in [1.807, 2.05) is 60.7 Å². The maximum absolute atomic E-state index is 5.80. The predicted octanol–water partition coefficient (Wildman–Crippen LogP) is 6.84. The van der Waals surface area contributed by atoms with Crippen molar-refractivity contribution in [1.29, 1.82) is 0 Å². The molecular weight excluding hydrogens is 500 g/mol. The predicted molar refractivity (Wildman–Crippen MR) is 126 cm³/mol. The minimum absolute atomic E-state index is 0.603. The van der Waals surface area contributed by atoms with Gasteiger partial charge in [0.25, 0.3) is 0 Å². The van der Waals surface area contributed by atoms with E-state index >= 15 is 0 Å². The zero-order valence-electron chi connectivity index (χ0n) is 14.9. The molecule has 0 saturated carbocycles. The first-order chi connectivity index (χ1) is 13.6. The molecule has 0 aliphatic carbocycles. The monoisotopic (exact) mass is 516 g/mol. The third-order valence-electron chi connectivity index (χ3n) is 4.50. The van der Waals surface area contributed by atoms with E-state index in [-0.39, 0.29) is 0 Å². The molecule has 0 aliphatic rings. The summed E-state index contributed by atoms with van der Waals surface area (Å²) in [6.07, 6.45) is 0. The standard InChI is InChI=1S/C21H18Br2N4S/c22-15-5-9-17(10-6-15)24-13-26-19-3-1-2-4-20(19)27(21(26)28)14-25-18-11-7-16(23)8-12-18/h1-12,24-25H,13-14H2. The number of hydrogen-bond acceptors (Lipinski definition) is 3. The van der Waals surface area contributed by atoms with Gasteiger partial charge >= 0.3 is 0 Å². The summed E-state index contributed by atoms with van der Waals surface area (Å²) in [5.74, 6) is 0. The average Bonchev–Trinajstić information content (AvgIpc) is 2.98. The number of nitrogens with one attached hydrogen (secondary N) is 2. The van der Waals surface area contributed by atoms with Crippen molar-refractivity contribution in [3.05, 3.63) is 86.5 Å². The van der Waals surface area contributed by atoms with Gasteiger partial charge in [0.05, 0.1) is 24.4 Å². The van der Waals surface area contributed by atoms with Gasteiger partial charge in [-0.3, -0.25) is 9.13 Å². The number of imidazole rings is 1. The Hall–Kier alpha value is -2.09. The average molecular weight is 518 g/mol. The van der Waals surface area contributed by atoms with Crippen LogP contribution in [0.5, 0.6) is 0 Å². The molecule has 7 heteroatoms. The number of hydrogen-bond donors (Lipinski definition) is 2. The van der Waals surface area contributed by atoms with Crippen LogP contribution in [-0.2, 0) is 13.3 Å². The normalized spacial score (nSPS) is 10.9. The molecule has 4 nitrogen and oxygen atoms in total. The third kappa shape index (κ3) is 4.16. The second-order valence-corrected chi connectivity index (χ2v) is 8.51. The fourth-order valence-corrected chi connectivity index (χ4v) is 3.91. The SMILES string of the molecule is S=c1n(CNc2ccc(Br)cc2)c2ccccc2n1CNc1ccc(Br)cc1. The van der Waals surface area contributed by atoms with E-state index in [9.17, 15) is 0 Å². The van der Waals surface area contributed by atoms with Crippen molar-refractivity contribution in [2.45, 2.75) is 13.3 Å². The molecule has 142 valence electrons. The summed E-state index contributed by atoms with van der Waals surface area (Å²) in [7, 11) is 0. The number of aromatic nitrogens is 2. The van der Waals surface area contributed by atoms with Crippen molar-refractivity contribution in [3.63, 3.8) is 0 Å². The largest absolute Gasteiger partial charge is 0.367 e. The topological polar surface area (TPSA) is 33.9 Å². The van der Waals surface area contributed by atoms with Gasteiger partial charge < -0.3 is 10.6 Å². The van der Waals surface area contributed by atoms with Crippen molar-refractivity contribution < 1.29 is 0 Å². The number of anilines is 2. The Balaban J connectivity index is 1.60. The molecule has 2 N–H and O–H groups in total. The highest BCUT2D eigenvalue weighted by molar-refractivity contribution is 9.10. The van der Waals surface area contributed by atoms with Crippen molar-refractivity contribution in [2.75, 3.05) is 10.6 Å². The first-order valence-electron chi connectivity index (χ1n) is 8.79. The number of rotatable bonds is 6. The van der Waals surface area contributed by atoms with Crippen LogP contribution in [0.4, 0.5) is 11.4 Å². The lowest BCUT2D eigenvalue weighted by Crippen LogP contribution is -2.11. The van der Waals surface area contributed by atoms with E-state index < -0.39 is 0 Å². The molecule has 4 rings (SSSR count). The Labute approximate surface area is 185 Å². The summed E-state index contributed by atoms with van der Waals surface area (Å²) in [5, 5.41) is 6.90. The third-order valence-corrected chi connectivity index (χ3v) is 5.99. The summed E-state index contributed by atoms with van der Waals surface area (Å²) >= 11 is 12.7. The molecule has 28 heavy (non-hydrogen) atoms. The fraction of sp³-hybridized carbons (Fsp3) is 0.0952. The maximum atomic E-state index is 5.80. The van der Waals surface area contributed by atoms with E-state index in [1.165, 1.54) is 0 Å². The summed E-state index contributed by atoms with van der Waals surface area (Å²) in [6, 6.07) is 24.5. The van der Waals surface area contributed by atoms with E-state index in [4.69, 9.17) is 12.2 Å². The molecule has 1 aromatic heterocycles. The molecule has 4 aromatic rings. The van der Waals surface area contributed by atoms with E-state index in [0.717, 1.165) is 36.1 Å². The molecule has 0 saturated heterocycles. The molecule has 0 aliphatic heterocycles. The summed E-state index contributed by atoms with van der Waals surface area (Å²) in [5.41, 5.74) is 4.31.